The molecule has 0 amide bonds. The van der Waals surface area contributed by atoms with Crippen LogP contribution in [0.25, 0.3) is 33.1 Å². The van der Waals surface area contributed by atoms with Crippen LogP contribution in [0.4, 0.5) is 13.2 Å². The number of hydrogen-bond acceptors (Lipinski definition) is 3. The second kappa shape index (κ2) is 6.16. The maximum absolute atomic E-state index is 13.7. The highest BCUT2D eigenvalue weighted by atomic mass is 79.9. The SMILES string of the molecule is CC(=O)n1nc(C(F)(F)F)c2c(-c3ccccc3)c3cc(Br)ccc3nc21. The first-order chi connectivity index (χ1) is 12.8. The zero-order valence-electron chi connectivity index (χ0n) is 13.9. The first-order valence-electron chi connectivity index (χ1n) is 7.93. The lowest BCUT2D eigenvalue weighted by molar-refractivity contribution is -0.140. The Morgan fingerprint density at radius 3 is 2.44 bits per heavy atom. The molecule has 0 spiro atoms. The van der Waals surface area contributed by atoms with E-state index in [0.717, 1.165) is 6.92 Å². The standard InChI is InChI=1S/C19H11BrF3N3O/c1-10(27)26-18-16(17(25-26)19(21,22)23)15(11-5-3-2-4-6-11)13-9-12(20)7-8-14(13)24-18/h2-9H,1H3. The van der Waals surface area contributed by atoms with Crippen molar-refractivity contribution in [3.8, 4) is 11.1 Å². The van der Waals surface area contributed by atoms with E-state index in [4.69, 9.17) is 0 Å². The highest BCUT2D eigenvalue weighted by Crippen LogP contribution is 2.42. The van der Waals surface area contributed by atoms with Gasteiger partial charge in [0, 0.05) is 22.3 Å². The molecule has 0 radical (unpaired) electrons. The molecule has 27 heavy (non-hydrogen) atoms. The summed E-state index contributed by atoms with van der Waals surface area (Å²) in [5.41, 5.74) is 0.170. The average Bonchev–Trinajstić information content (AvgIpc) is 3.00. The van der Waals surface area contributed by atoms with Crippen molar-refractivity contribution in [1.29, 1.82) is 0 Å². The lowest BCUT2D eigenvalue weighted by atomic mass is 9.97. The van der Waals surface area contributed by atoms with E-state index in [2.05, 4.69) is 26.0 Å². The smallest absolute Gasteiger partial charge is 0.273 e. The van der Waals surface area contributed by atoms with Crippen LogP contribution in [0, 0.1) is 0 Å². The van der Waals surface area contributed by atoms with Gasteiger partial charge < -0.3 is 0 Å². The van der Waals surface area contributed by atoms with Crippen LogP contribution in [0.3, 0.4) is 0 Å². The van der Waals surface area contributed by atoms with Crippen LogP contribution in [0.1, 0.15) is 17.4 Å². The summed E-state index contributed by atoms with van der Waals surface area (Å²) in [6.45, 7) is 1.16. The maximum Gasteiger partial charge on any atom is 0.435 e. The predicted octanol–water partition coefficient (Wildman–Crippen LogP) is 5.69. The van der Waals surface area contributed by atoms with Gasteiger partial charge in [-0.05, 0) is 23.8 Å². The number of carbonyl (C=O) groups excluding carboxylic acids is 1. The number of alkyl halides is 3. The van der Waals surface area contributed by atoms with Crippen molar-refractivity contribution >= 4 is 43.8 Å². The summed E-state index contributed by atoms with van der Waals surface area (Å²) in [5, 5.41) is 3.91. The van der Waals surface area contributed by atoms with Crippen molar-refractivity contribution in [2.75, 3.05) is 0 Å². The minimum atomic E-state index is -4.73. The van der Waals surface area contributed by atoms with Gasteiger partial charge in [-0.25, -0.2) is 4.98 Å². The molecule has 0 aliphatic rings. The molecule has 136 valence electrons. The summed E-state index contributed by atoms with van der Waals surface area (Å²) in [7, 11) is 0. The van der Waals surface area contributed by atoms with Gasteiger partial charge in [0.1, 0.15) is 0 Å². The number of pyridine rings is 1. The summed E-state index contributed by atoms with van der Waals surface area (Å²) in [6.07, 6.45) is -4.73. The minimum Gasteiger partial charge on any atom is -0.273 e. The van der Waals surface area contributed by atoms with Crippen molar-refractivity contribution < 1.29 is 18.0 Å². The normalized spacial score (nSPS) is 12.0. The zero-order chi connectivity index (χ0) is 19.3. The maximum atomic E-state index is 13.7. The second-order valence-electron chi connectivity index (χ2n) is 5.99. The van der Waals surface area contributed by atoms with Crippen molar-refractivity contribution in [3.63, 3.8) is 0 Å². The summed E-state index contributed by atoms with van der Waals surface area (Å²) in [5.74, 6) is -0.640. The molecule has 0 aliphatic heterocycles. The Balaban J connectivity index is 2.30. The molecule has 2 aromatic heterocycles. The van der Waals surface area contributed by atoms with Gasteiger partial charge in [0.05, 0.1) is 10.9 Å². The largest absolute Gasteiger partial charge is 0.435 e. The number of benzene rings is 2. The Labute approximate surface area is 159 Å². The van der Waals surface area contributed by atoms with Gasteiger partial charge in [-0.1, -0.05) is 46.3 Å². The Hall–Kier alpha value is -2.74. The molecule has 0 unspecified atom stereocenters. The molecule has 4 rings (SSSR count). The van der Waals surface area contributed by atoms with E-state index in [9.17, 15) is 18.0 Å². The Kier molecular flexibility index (Phi) is 4.03. The van der Waals surface area contributed by atoms with Gasteiger partial charge in [0.2, 0.25) is 5.91 Å². The number of hydrogen-bond donors (Lipinski definition) is 0. The van der Waals surface area contributed by atoms with E-state index < -0.39 is 17.8 Å². The molecule has 0 saturated heterocycles. The predicted molar refractivity (Wildman–Crippen MR) is 99.5 cm³/mol. The molecule has 0 atom stereocenters. The molecule has 0 fully saturated rings. The van der Waals surface area contributed by atoms with Crippen molar-refractivity contribution in [2.45, 2.75) is 13.1 Å². The van der Waals surface area contributed by atoms with Gasteiger partial charge in [-0.15, -0.1) is 0 Å². The molecular weight excluding hydrogens is 423 g/mol. The zero-order valence-corrected chi connectivity index (χ0v) is 15.5. The number of rotatable bonds is 1. The molecule has 8 heteroatoms. The van der Waals surface area contributed by atoms with Crippen LogP contribution < -0.4 is 0 Å². The highest BCUT2D eigenvalue weighted by Gasteiger charge is 2.39. The van der Waals surface area contributed by atoms with Crippen LogP contribution in [-0.4, -0.2) is 20.7 Å². The molecule has 2 heterocycles. The van der Waals surface area contributed by atoms with Crippen molar-refractivity contribution in [2.24, 2.45) is 0 Å². The second-order valence-corrected chi connectivity index (χ2v) is 6.91. The van der Waals surface area contributed by atoms with E-state index in [-0.39, 0.29) is 11.0 Å². The summed E-state index contributed by atoms with van der Waals surface area (Å²) < 4.78 is 42.7. The first-order valence-corrected chi connectivity index (χ1v) is 8.72. The van der Waals surface area contributed by atoms with Crippen molar-refractivity contribution in [3.05, 3.63) is 58.7 Å². The van der Waals surface area contributed by atoms with E-state index in [1.54, 1.807) is 48.5 Å². The number of halogens is 4. The fourth-order valence-electron chi connectivity index (χ4n) is 3.12. The molecule has 0 bridgehead atoms. The molecule has 4 nitrogen and oxygen atoms in total. The lowest BCUT2D eigenvalue weighted by Gasteiger charge is -2.11. The fourth-order valence-corrected chi connectivity index (χ4v) is 3.48. The van der Waals surface area contributed by atoms with E-state index >= 15 is 0 Å². The van der Waals surface area contributed by atoms with Gasteiger partial charge in [-0.2, -0.15) is 23.0 Å². The number of aromatic nitrogens is 3. The third-order valence-corrected chi connectivity index (χ3v) is 4.69. The Morgan fingerprint density at radius 1 is 1.11 bits per heavy atom. The molecule has 0 N–H and O–H groups in total. The molecule has 4 aromatic rings. The van der Waals surface area contributed by atoms with E-state index in [1.807, 2.05) is 0 Å². The van der Waals surface area contributed by atoms with E-state index in [0.29, 0.717) is 31.2 Å². The van der Waals surface area contributed by atoms with Crippen LogP contribution in [-0.2, 0) is 6.18 Å². The lowest BCUT2D eigenvalue weighted by Crippen LogP contribution is -2.11. The van der Waals surface area contributed by atoms with Gasteiger partial charge >= 0.3 is 6.18 Å². The topological polar surface area (TPSA) is 47.8 Å². The fraction of sp³-hybridized carbons (Fsp3) is 0.105. The Morgan fingerprint density at radius 2 is 1.81 bits per heavy atom. The van der Waals surface area contributed by atoms with Crippen LogP contribution in [0.2, 0.25) is 0 Å². The quantitative estimate of drug-likeness (QED) is 0.387. The summed E-state index contributed by atoms with van der Waals surface area (Å²) in [4.78, 5) is 16.2. The number of carbonyl (C=O) groups is 1. The van der Waals surface area contributed by atoms with Crippen LogP contribution in [0.15, 0.2) is 53.0 Å². The molecule has 0 aliphatic carbocycles. The van der Waals surface area contributed by atoms with Gasteiger partial charge in [-0.3, -0.25) is 4.79 Å². The number of nitrogens with zero attached hydrogens (tertiary/aromatic N) is 3. The molecule has 0 saturated carbocycles. The molecular formula is C19H11BrF3N3O. The highest BCUT2D eigenvalue weighted by molar-refractivity contribution is 9.10. The van der Waals surface area contributed by atoms with Crippen LogP contribution >= 0.6 is 15.9 Å². The monoisotopic (exact) mass is 433 g/mol. The molecule has 2 aromatic carbocycles. The van der Waals surface area contributed by atoms with E-state index in [1.165, 1.54) is 0 Å². The van der Waals surface area contributed by atoms with Crippen molar-refractivity contribution in [1.82, 2.24) is 14.8 Å². The Bertz CT molecular complexity index is 1200. The number of fused-ring (bicyclic) bond motifs is 2. The van der Waals surface area contributed by atoms with Gasteiger partial charge in [0.15, 0.2) is 11.3 Å². The third kappa shape index (κ3) is 2.90. The summed E-state index contributed by atoms with van der Waals surface area (Å²) in [6, 6.07) is 13.9. The first kappa shape index (κ1) is 17.7. The third-order valence-electron chi connectivity index (χ3n) is 4.19. The summed E-state index contributed by atoms with van der Waals surface area (Å²) >= 11 is 3.36. The average molecular weight is 434 g/mol. The van der Waals surface area contributed by atoms with Crippen LogP contribution in [0.5, 0.6) is 0 Å². The van der Waals surface area contributed by atoms with Gasteiger partial charge in [0.25, 0.3) is 0 Å². The minimum absolute atomic E-state index is 0.108.